The fourth-order valence-electron chi connectivity index (χ4n) is 3.56. The van der Waals surface area contributed by atoms with Gasteiger partial charge >= 0.3 is 0 Å². The van der Waals surface area contributed by atoms with Crippen LogP contribution < -0.4 is 10.1 Å². The van der Waals surface area contributed by atoms with Crippen LogP contribution in [0.3, 0.4) is 0 Å². The van der Waals surface area contributed by atoms with E-state index in [1.165, 1.54) is 13.2 Å². The van der Waals surface area contributed by atoms with Crippen molar-refractivity contribution in [1.29, 1.82) is 0 Å². The van der Waals surface area contributed by atoms with Crippen molar-refractivity contribution in [3.05, 3.63) is 92.7 Å². The molecule has 0 fully saturated rings. The van der Waals surface area contributed by atoms with Crippen molar-refractivity contribution in [3.63, 3.8) is 0 Å². The van der Waals surface area contributed by atoms with Gasteiger partial charge in [0.2, 0.25) is 0 Å². The van der Waals surface area contributed by atoms with Gasteiger partial charge in [0.05, 0.1) is 11.6 Å². The van der Waals surface area contributed by atoms with E-state index in [1.807, 2.05) is 36.4 Å². The maximum absolute atomic E-state index is 13.8. The van der Waals surface area contributed by atoms with E-state index in [1.54, 1.807) is 18.2 Å². The van der Waals surface area contributed by atoms with Crippen LogP contribution in [0.15, 0.2) is 70.1 Å². The van der Waals surface area contributed by atoms with Crippen molar-refractivity contribution in [1.82, 2.24) is 5.32 Å². The van der Waals surface area contributed by atoms with E-state index >= 15 is 0 Å². The molecule has 2 atom stereocenters. The first kappa shape index (κ1) is 20.8. The second-order valence-corrected chi connectivity index (χ2v) is 8.27. The van der Waals surface area contributed by atoms with Crippen molar-refractivity contribution in [2.45, 2.75) is 18.6 Å². The highest BCUT2D eigenvalue weighted by molar-refractivity contribution is 9.10. The summed E-state index contributed by atoms with van der Waals surface area (Å²) in [6.07, 6.45) is 0.137. The number of rotatable bonds is 4. The number of aromatic hydroxyl groups is 1. The van der Waals surface area contributed by atoms with Gasteiger partial charge in [0.15, 0.2) is 11.5 Å². The second kappa shape index (κ2) is 8.76. The molecule has 4 rings (SSSR count). The van der Waals surface area contributed by atoms with Crippen LogP contribution in [0.1, 0.15) is 35.3 Å². The molecule has 0 spiro atoms. The predicted octanol–water partition coefficient (Wildman–Crippen LogP) is 6.18. The molecule has 3 aromatic carbocycles. The van der Waals surface area contributed by atoms with Crippen LogP contribution in [0.2, 0.25) is 5.02 Å². The smallest absolute Gasteiger partial charge is 0.162 e. The van der Waals surface area contributed by atoms with Crippen molar-refractivity contribution in [3.8, 4) is 11.5 Å². The van der Waals surface area contributed by atoms with E-state index in [0.29, 0.717) is 27.2 Å². The van der Waals surface area contributed by atoms with Crippen LogP contribution in [0.25, 0.3) is 0 Å². The molecule has 0 aliphatic carbocycles. The molecule has 2 N–H and O–H groups in total. The lowest BCUT2D eigenvalue weighted by Crippen LogP contribution is -2.33. The van der Waals surface area contributed by atoms with Gasteiger partial charge in [0.1, 0.15) is 12.0 Å². The van der Waals surface area contributed by atoms with E-state index in [2.05, 4.69) is 21.2 Å². The van der Waals surface area contributed by atoms with Gasteiger partial charge in [-0.3, -0.25) is 10.3 Å². The number of nitrogens with zero attached hydrogens (tertiary/aromatic N) is 1. The Hall–Kier alpha value is -2.41. The minimum atomic E-state index is -0.420. The SMILES string of the molecule is COc1cccc([C@@H]2CC(c3ccc(Cl)cc3)=N[C@@H](c3ccc(F)c(Br)c3)N2)c1O. The van der Waals surface area contributed by atoms with Crippen LogP contribution in [0, 0.1) is 5.82 Å². The number of methoxy groups -OCH3 is 1. The molecule has 1 heterocycles. The third-order valence-electron chi connectivity index (χ3n) is 5.10. The molecular weight excluding hydrogens is 471 g/mol. The zero-order chi connectivity index (χ0) is 21.3. The Morgan fingerprint density at radius 1 is 1.17 bits per heavy atom. The molecular formula is C23H19BrClFN2O2. The summed E-state index contributed by atoms with van der Waals surface area (Å²) in [5, 5.41) is 14.8. The molecule has 0 radical (unpaired) electrons. The van der Waals surface area contributed by atoms with Crippen LogP contribution >= 0.6 is 27.5 Å². The molecule has 0 saturated carbocycles. The molecule has 0 amide bonds. The number of hydrogen-bond donors (Lipinski definition) is 2. The summed E-state index contributed by atoms with van der Waals surface area (Å²) in [7, 11) is 1.52. The molecule has 0 aromatic heterocycles. The first-order valence-corrected chi connectivity index (χ1v) is 10.5. The number of ether oxygens (including phenoxy) is 1. The van der Waals surface area contributed by atoms with Gasteiger partial charge in [-0.1, -0.05) is 41.9 Å². The Bertz CT molecular complexity index is 1100. The standard InChI is InChI=1S/C23H19BrClFN2O2/c1-30-21-4-2-3-16(22(21)29)20-12-19(13-5-8-15(25)9-6-13)27-23(28-20)14-7-10-18(26)17(24)11-14/h2-11,20,23,28-29H,12H2,1H3/t20-,23+/m0/s1. The Labute approximate surface area is 187 Å². The highest BCUT2D eigenvalue weighted by Gasteiger charge is 2.28. The summed E-state index contributed by atoms with van der Waals surface area (Å²) in [5.74, 6) is 0.165. The fraction of sp³-hybridized carbons (Fsp3) is 0.174. The predicted molar refractivity (Wildman–Crippen MR) is 120 cm³/mol. The van der Waals surface area contributed by atoms with Crippen LogP contribution in [-0.2, 0) is 0 Å². The Kier molecular flexibility index (Phi) is 6.09. The van der Waals surface area contributed by atoms with Crippen LogP contribution in [0.5, 0.6) is 11.5 Å². The first-order chi connectivity index (χ1) is 14.5. The monoisotopic (exact) mass is 488 g/mol. The summed E-state index contributed by atoms with van der Waals surface area (Å²) in [6, 6.07) is 17.5. The molecule has 154 valence electrons. The second-order valence-electron chi connectivity index (χ2n) is 6.98. The Morgan fingerprint density at radius 2 is 1.93 bits per heavy atom. The molecule has 30 heavy (non-hydrogen) atoms. The van der Waals surface area contributed by atoms with E-state index in [4.69, 9.17) is 21.3 Å². The van der Waals surface area contributed by atoms with E-state index < -0.39 is 6.17 Å². The zero-order valence-corrected chi connectivity index (χ0v) is 18.4. The minimum Gasteiger partial charge on any atom is -0.504 e. The molecule has 1 aliphatic rings. The molecule has 3 aromatic rings. The zero-order valence-electron chi connectivity index (χ0n) is 16.1. The number of phenols is 1. The molecule has 1 aliphatic heterocycles. The number of benzene rings is 3. The van der Waals surface area contributed by atoms with E-state index in [0.717, 1.165) is 16.8 Å². The highest BCUT2D eigenvalue weighted by atomic mass is 79.9. The quantitative estimate of drug-likeness (QED) is 0.460. The van der Waals surface area contributed by atoms with Gasteiger partial charge in [0, 0.05) is 28.8 Å². The van der Waals surface area contributed by atoms with E-state index in [9.17, 15) is 9.50 Å². The summed E-state index contributed by atoms with van der Waals surface area (Å²) in [6.45, 7) is 0. The molecule has 7 heteroatoms. The summed E-state index contributed by atoms with van der Waals surface area (Å²) < 4.78 is 19.4. The number of aliphatic imine (C=N–C) groups is 1. The van der Waals surface area contributed by atoms with Gasteiger partial charge in [-0.2, -0.15) is 0 Å². The van der Waals surface area contributed by atoms with Gasteiger partial charge in [-0.15, -0.1) is 0 Å². The summed E-state index contributed by atoms with van der Waals surface area (Å²) in [5.41, 5.74) is 3.33. The van der Waals surface area contributed by atoms with Crippen molar-refractivity contribution in [2.24, 2.45) is 4.99 Å². The fourth-order valence-corrected chi connectivity index (χ4v) is 4.08. The molecule has 0 unspecified atom stereocenters. The third kappa shape index (κ3) is 4.21. The number of para-hydroxylation sites is 1. The summed E-state index contributed by atoms with van der Waals surface area (Å²) >= 11 is 9.29. The first-order valence-electron chi connectivity index (χ1n) is 9.35. The van der Waals surface area contributed by atoms with Gasteiger partial charge in [0.25, 0.3) is 0 Å². The number of phenolic OH excluding ortho intramolecular Hbond substituents is 1. The van der Waals surface area contributed by atoms with Gasteiger partial charge in [-0.05, 0) is 57.4 Å². The lowest BCUT2D eigenvalue weighted by atomic mass is 9.93. The van der Waals surface area contributed by atoms with Gasteiger partial charge < -0.3 is 9.84 Å². The lowest BCUT2D eigenvalue weighted by molar-refractivity contribution is 0.360. The van der Waals surface area contributed by atoms with Crippen molar-refractivity contribution < 1.29 is 14.2 Å². The van der Waals surface area contributed by atoms with Crippen molar-refractivity contribution in [2.75, 3.05) is 7.11 Å². The van der Waals surface area contributed by atoms with Crippen molar-refractivity contribution >= 4 is 33.2 Å². The van der Waals surface area contributed by atoms with Crippen LogP contribution in [0.4, 0.5) is 4.39 Å². The molecule has 4 nitrogen and oxygen atoms in total. The van der Waals surface area contributed by atoms with Gasteiger partial charge in [-0.25, -0.2) is 4.39 Å². The average molecular weight is 490 g/mol. The number of halogens is 3. The minimum absolute atomic E-state index is 0.0916. The maximum Gasteiger partial charge on any atom is 0.162 e. The highest BCUT2D eigenvalue weighted by Crippen LogP contribution is 2.39. The normalized spacial score (nSPS) is 18.7. The third-order valence-corrected chi connectivity index (χ3v) is 5.96. The molecule has 0 bridgehead atoms. The lowest BCUT2D eigenvalue weighted by Gasteiger charge is -2.31. The maximum atomic E-state index is 13.8. The molecule has 0 saturated heterocycles. The number of nitrogens with one attached hydrogen (secondary N) is 1. The summed E-state index contributed by atoms with van der Waals surface area (Å²) in [4.78, 5) is 4.88. The van der Waals surface area contributed by atoms with Crippen LogP contribution in [-0.4, -0.2) is 17.9 Å². The Balaban J connectivity index is 1.78. The largest absolute Gasteiger partial charge is 0.504 e. The Morgan fingerprint density at radius 3 is 2.63 bits per heavy atom. The average Bonchev–Trinajstić information content (AvgIpc) is 2.76. The van der Waals surface area contributed by atoms with E-state index in [-0.39, 0.29) is 17.6 Å². The topological polar surface area (TPSA) is 53.8 Å². The number of hydrogen-bond acceptors (Lipinski definition) is 4.